The van der Waals surface area contributed by atoms with Crippen molar-refractivity contribution >= 4 is 41.1 Å². The number of benzene rings is 2. The molecule has 9 heteroatoms. The quantitative estimate of drug-likeness (QED) is 0.258. The molecule has 0 spiro atoms. The number of hydrogen-bond acceptors (Lipinski definition) is 7. The molecule has 33 heavy (non-hydrogen) atoms. The van der Waals surface area contributed by atoms with Gasteiger partial charge < -0.3 is 10.1 Å². The van der Waals surface area contributed by atoms with Crippen molar-refractivity contribution in [3.63, 3.8) is 0 Å². The molecule has 172 valence electrons. The highest BCUT2D eigenvalue weighted by molar-refractivity contribution is 6.32. The monoisotopic (exact) mass is 450 g/mol. The predicted molar refractivity (Wildman–Crippen MR) is 126 cm³/mol. The third-order valence-electron chi connectivity index (χ3n) is 4.98. The Morgan fingerprint density at radius 1 is 1.15 bits per heavy atom. The van der Waals surface area contributed by atoms with Crippen LogP contribution in [0.15, 0.2) is 65.4 Å². The van der Waals surface area contributed by atoms with E-state index in [2.05, 4.69) is 10.4 Å². The molecule has 1 aliphatic heterocycles. The number of anilines is 3. The molecular weight excluding hydrogens is 424 g/mol. The first kappa shape index (κ1) is 23.7. The molecule has 0 saturated carbocycles. The zero-order valence-electron chi connectivity index (χ0n) is 18.8. The standard InChI is InChI=1S/C24H26N4O5/c1-4-17-8-6-7-9-21(17)25-15-20-22(14-23(30)33-5-2)26-28(24(20)31)19-12-10-18(11-13-19)27(16-29)32-3/h6-13,15-16,25H,4-5,14H2,1-3H3. The van der Waals surface area contributed by atoms with Crippen molar-refractivity contribution in [2.75, 3.05) is 29.1 Å². The molecule has 0 bridgehead atoms. The van der Waals surface area contributed by atoms with Crippen molar-refractivity contribution in [2.24, 2.45) is 5.10 Å². The van der Waals surface area contributed by atoms with Gasteiger partial charge in [0.15, 0.2) is 0 Å². The van der Waals surface area contributed by atoms with Crippen LogP contribution >= 0.6 is 0 Å². The van der Waals surface area contributed by atoms with E-state index in [4.69, 9.17) is 9.57 Å². The minimum absolute atomic E-state index is 0.139. The fourth-order valence-electron chi connectivity index (χ4n) is 3.33. The molecule has 1 aliphatic rings. The van der Waals surface area contributed by atoms with Crippen molar-refractivity contribution in [3.8, 4) is 0 Å². The molecule has 0 fully saturated rings. The van der Waals surface area contributed by atoms with Crippen molar-refractivity contribution in [1.29, 1.82) is 0 Å². The predicted octanol–water partition coefficient (Wildman–Crippen LogP) is 3.43. The summed E-state index contributed by atoms with van der Waals surface area (Å²) in [7, 11) is 1.37. The average molecular weight is 450 g/mol. The van der Waals surface area contributed by atoms with Crippen LogP contribution in [0.3, 0.4) is 0 Å². The number of hydrogen-bond donors (Lipinski definition) is 1. The Morgan fingerprint density at radius 3 is 2.52 bits per heavy atom. The lowest BCUT2D eigenvalue weighted by molar-refractivity contribution is -0.141. The number of amides is 2. The molecular formula is C24H26N4O5. The first-order valence-electron chi connectivity index (χ1n) is 10.5. The number of nitrogens with zero attached hydrogens (tertiary/aromatic N) is 3. The second-order valence-electron chi connectivity index (χ2n) is 6.99. The molecule has 0 atom stereocenters. The Bertz CT molecular complexity index is 1080. The number of carbonyl (C=O) groups excluding carboxylic acids is 3. The average Bonchev–Trinajstić information content (AvgIpc) is 3.14. The van der Waals surface area contributed by atoms with E-state index in [-0.39, 0.29) is 24.5 Å². The molecule has 0 aliphatic carbocycles. The maximum absolute atomic E-state index is 13.2. The zero-order valence-corrected chi connectivity index (χ0v) is 18.8. The van der Waals surface area contributed by atoms with Gasteiger partial charge >= 0.3 is 5.97 Å². The normalized spacial score (nSPS) is 14.3. The molecule has 0 radical (unpaired) electrons. The van der Waals surface area contributed by atoms with Gasteiger partial charge in [0.05, 0.1) is 42.8 Å². The molecule has 3 rings (SSSR count). The topological polar surface area (TPSA) is 101 Å². The van der Waals surface area contributed by atoms with Crippen LogP contribution in [0.1, 0.15) is 25.8 Å². The first-order valence-corrected chi connectivity index (χ1v) is 10.5. The molecule has 0 unspecified atom stereocenters. The van der Waals surface area contributed by atoms with E-state index >= 15 is 0 Å². The largest absolute Gasteiger partial charge is 0.466 e. The van der Waals surface area contributed by atoms with Crippen molar-refractivity contribution < 1.29 is 24.0 Å². The minimum Gasteiger partial charge on any atom is -0.466 e. The van der Waals surface area contributed by atoms with Gasteiger partial charge in [0.2, 0.25) is 6.41 Å². The Morgan fingerprint density at radius 2 is 1.88 bits per heavy atom. The molecule has 0 saturated heterocycles. The number of rotatable bonds is 10. The van der Waals surface area contributed by atoms with Gasteiger partial charge in [0.1, 0.15) is 0 Å². The van der Waals surface area contributed by atoms with Crippen molar-refractivity contribution in [2.45, 2.75) is 26.7 Å². The summed E-state index contributed by atoms with van der Waals surface area (Å²) in [6.07, 6.45) is 2.79. The molecule has 2 aromatic carbocycles. The summed E-state index contributed by atoms with van der Waals surface area (Å²) < 4.78 is 5.04. The van der Waals surface area contributed by atoms with Gasteiger partial charge in [-0.2, -0.15) is 15.2 Å². The summed E-state index contributed by atoms with van der Waals surface area (Å²) in [6, 6.07) is 14.3. The maximum atomic E-state index is 13.2. The number of carbonyl (C=O) groups is 3. The van der Waals surface area contributed by atoms with Gasteiger partial charge in [-0.25, -0.2) is 0 Å². The van der Waals surface area contributed by atoms with Crippen LogP contribution in [-0.4, -0.2) is 37.7 Å². The van der Waals surface area contributed by atoms with Crippen LogP contribution < -0.4 is 15.4 Å². The minimum atomic E-state index is -0.470. The van der Waals surface area contributed by atoms with Gasteiger partial charge in [-0.1, -0.05) is 25.1 Å². The van der Waals surface area contributed by atoms with Crippen LogP contribution in [0, 0.1) is 0 Å². The SMILES string of the molecule is CCOC(=O)CC1=NN(c2ccc(N(C=O)OC)cc2)C(=O)C1=CNc1ccccc1CC. The fourth-order valence-corrected chi connectivity index (χ4v) is 3.33. The van der Waals surface area contributed by atoms with E-state index in [9.17, 15) is 14.4 Å². The summed E-state index contributed by atoms with van der Waals surface area (Å²) in [4.78, 5) is 41.4. The van der Waals surface area contributed by atoms with E-state index in [1.54, 1.807) is 37.4 Å². The van der Waals surface area contributed by atoms with Crippen molar-refractivity contribution in [3.05, 3.63) is 65.9 Å². The highest BCUT2D eigenvalue weighted by Crippen LogP contribution is 2.27. The molecule has 1 N–H and O–H groups in total. The number of nitrogens with one attached hydrogen (secondary N) is 1. The van der Waals surface area contributed by atoms with E-state index in [0.29, 0.717) is 23.5 Å². The van der Waals surface area contributed by atoms with E-state index in [1.165, 1.54) is 12.1 Å². The molecule has 2 amide bonds. The maximum Gasteiger partial charge on any atom is 0.311 e. The van der Waals surface area contributed by atoms with Crippen molar-refractivity contribution in [1.82, 2.24) is 0 Å². The van der Waals surface area contributed by atoms with Crippen LogP contribution in [0.4, 0.5) is 17.1 Å². The summed E-state index contributed by atoms with van der Waals surface area (Å²) in [5.41, 5.74) is 3.50. The lowest BCUT2D eigenvalue weighted by Gasteiger charge is -2.16. The number of para-hydroxylation sites is 1. The highest BCUT2D eigenvalue weighted by Gasteiger charge is 2.32. The highest BCUT2D eigenvalue weighted by atomic mass is 16.7. The van der Waals surface area contributed by atoms with E-state index < -0.39 is 5.97 Å². The van der Waals surface area contributed by atoms with Crippen LogP contribution in [0.25, 0.3) is 0 Å². The van der Waals surface area contributed by atoms with E-state index in [0.717, 1.165) is 22.7 Å². The summed E-state index contributed by atoms with van der Waals surface area (Å²) in [5, 5.41) is 9.83. The molecule has 2 aromatic rings. The Balaban J connectivity index is 1.91. The number of esters is 1. The Kier molecular flexibility index (Phi) is 7.93. The first-order chi connectivity index (χ1) is 16.0. The molecule has 9 nitrogen and oxygen atoms in total. The Hall–Kier alpha value is -3.98. The van der Waals surface area contributed by atoms with Gasteiger partial charge in [-0.05, 0) is 49.2 Å². The van der Waals surface area contributed by atoms with Gasteiger partial charge in [-0.15, -0.1) is 0 Å². The summed E-state index contributed by atoms with van der Waals surface area (Å²) >= 11 is 0. The van der Waals surface area contributed by atoms with Gasteiger partial charge in [-0.3, -0.25) is 19.2 Å². The summed E-state index contributed by atoms with van der Waals surface area (Å²) in [6.45, 7) is 4.00. The third-order valence-corrected chi connectivity index (χ3v) is 4.98. The number of ether oxygens (including phenoxy) is 1. The van der Waals surface area contributed by atoms with Crippen LogP contribution in [-0.2, 0) is 30.4 Å². The number of hydrazone groups is 1. The Labute approximate surface area is 192 Å². The van der Waals surface area contributed by atoms with Crippen LogP contribution in [0.2, 0.25) is 0 Å². The lowest BCUT2D eigenvalue weighted by atomic mass is 10.1. The molecule has 0 aromatic heterocycles. The number of hydroxylamine groups is 1. The number of aryl methyl sites for hydroxylation is 1. The second-order valence-corrected chi connectivity index (χ2v) is 6.99. The zero-order chi connectivity index (χ0) is 23.8. The second kappa shape index (κ2) is 11.1. The smallest absolute Gasteiger partial charge is 0.311 e. The van der Waals surface area contributed by atoms with E-state index in [1.807, 2.05) is 31.2 Å². The van der Waals surface area contributed by atoms with Gasteiger partial charge in [0.25, 0.3) is 5.91 Å². The third kappa shape index (κ3) is 5.45. The lowest BCUT2D eigenvalue weighted by Crippen LogP contribution is -2.23. The summed E-state index contributed by atoms with van der Waals surface area (Å²) in [5.74, 6) is -0.856. The van der Waals surface area contributed by atoms with Crippen LogP contribution in [0.5, 0.6) is 0 Å². The molecule has 1 heterocycles. The fraction of sp³-hybridized carbons (Fsp3) is 0.250. The van der Waals surface area contributed by atoms with Gasteiger partial charge in [0, 0.05) is 11.9 Å².